The van der Waals surface area contributed by atoms with Crippen LogP contribution in [0, 0.1) is 27.7 Å². The zero-order valence-electron chi connectivity index (χ0n) is 17.0. The highest BCUT2D eigenvalue weighted by molar-refractivity contribution is 5.96. The van der Waals surface area contributed by atoms with Crippen molar-refractivity contribution in [2.75, 3.05) is 5.32 Å². The van der Waals surface area contributed by atoms with E-state index < -0.39 is 5.63 Å². The molecule has 0 unspecified atom stereocenters. The number of aryl methyl sites for hydroxylation is 3. The third-order valence-electron chi connectivity index (χ3n) is 5.66. The van der Waals surface area contributed by atoms with Gasteiger partial charge in [-0.25, -0.2) is 4.79 Å². The third-order valence-corrected chi connectivity index (χ3v) is 5.66. The molecule has 5 heteroatoms. The van der Waals surface area contributed by atoms with E-state index in [1.165, 1.54) is 0 Å². The Morgan fingerprint density at radius 3 is 2.55 bits per heavy atom. The molecule has 1 N–H and O–H groups in total. The van der Waals surface area contributed by atoms with Gasteiger partial charge in [0.1, 0.15) is 11.2 Å². The second-order valence-electron chi connectivity index (χ2n) is 7.55. The van der Waals surface area contributed by atoms with Crippen molar-refractivity contribution in [2.24, 2.45) is 0 Å². The summed E-state index contributed by atoms with van der Waals surface area (Å²) in [4.78, 5) is 25.0. The second-order valence-corrected chi connectivity index (χ2v) is 7.55. The molecule has 4 aromatic rings. The summed E-state index contributed by atoms with van der Waals surface area (Å²) in [6.45, 7) is 7.86. The van der Waals surface area contributed by atoms with Crippen molar-refractivity contribution in [3.8, 4) is 0 Å². The molecule has 148 valence electrons. The number of anilines is 1. The molecular weight excluding hydrogens is 366 g/mol. The fourth-order valence-corrected chi connectivity index (χ4v) is 3.66. The zero-order valence-corrected chi connectivity index (χ0v) is 17.0. The summed E-state index contributed by atoms with van der Waals surface area (Å²) in [6.07, 6.45) is 2.22. The van der Waals surface area contributed by atoms with Gasteiger partial charge in [-0.1, -0.05) is 12.1 Å². The molecule has 2 aromatic heterocycles. The number of rotatable bonds is 4. The summed E-state index contributed by atoms with van der Waals surface area (Å²) >= 11 is 0. The maximum Gasteiger partial charge on any atom is 0.339 e. The monoisotopic (exact) mass is 389 g/mol. The first-order valence-electron chi connectivity index (χ1n) is 9.65. The Balaban J connectivity index is 1.61. The topological polar surface area (TPSA) is 72.5 Å². The largest absolute Gasteiger partial charge is 0.464 e. The summed E-state index contributed by atoms with van der Waals surface area (Å²) in [6, 6.07) is 9.55. The molecule has 2 aromatic carbocycles. The number of hydrogen-bond donors (Lipinski definition) is 1. The van der Waals surface area contributed by atoms with Crippen LogP contribution in [0.25, 0.3) is 21.9 Å². The van der Waals surface area contributed by atoms with E-state index in [0.29, 0.717) is 23.2 Å². The van der Waals surface area contributed by atoms with Crippen LogP contribution in [0.1, 0.15) is 34.2 Å². The molecule has 0 aliphatic rings. The Kier molecular flexibility index (Phi) is 4.74. The third kappa shape index (κ3) is 3.44. The number of nitrogens with one attached hydrogen (secondary N) is 1. The molecule has 2 heterocycles. The first-order chi connectivity index (χ1) is 13.8. The van der Waals surface area contributed by atoms with Crippen LogP contribution in [0.3, 0.4) is 0 Å². The molecule has 0 bridgehead atoms. The quantitative estimate of drug-likeness (QED) is 0.478. The van der Waals surface area contributed by atoms with Crippen LogP contribution >= 0.6 is 0 Å². The van der Waals surface area contributed by atoms with Crippen molar-refractivity contribution in [1.29, 1.82) is 0 Å². The highest BCUT2D eigenvalue weighted by Gasteiger charge is 2.15. The minimum absolute atomic E-state index is 0.126. The van der Waals surface area contributed by atoms with Gasteiger partial charge in [-0.05, 0) is 68.5 Å². The molecule has 1 amide bonds. The van der Waals surface area contributed by atoms with Gasteiger partial charge in [-0.3, -0.25) is 4.79 Å². The Hall–Kier alpha value is -3.34. The number of furan rings is 1. The first kappa shape index (κ1) is 19.0. The lowest BCUT2D eigenvalue weighted by atomic mass is 10.0. The Labute approximate surface area is 168 Å². The highest BCUT2D eigenvalue weighted by Crippen LogP contribution is 2.29. The van der Waals surface area contributed by atoms with Crippen molar-refractivity contribution in [2.45, 2.75) is 40.5 Å². The SMILES string of the molecule is Cc1cccc(NC(=O)CCc2c(C)c3cc4c(C)coc4cc3oc2=O)c1C. The molecular formula is C24H23NO4. The average molecular weight is 389 g/mol. The van der Waals surface area contributed by atoms with Crippen molar-refractivity contribution in [3.63, 3.8) is 0 Å². The van der Waals surface area contributed by atoms with Crippen molar-refractivity contribution in [1.82, 2.24) is 0 Å². The van der Waals surface area contributed by atoms with Crippen LogP contribution in [-0.2, 0) is 11.2 Å². The molecule has 0 radical (unpaired) electrons. The standard InChI is InChI=1S/C24H23NO4/c1-13-6-5-7-20(15(13)3)25-23(26)9-8-17-16(4)19-10-18-14(2)12-28-21(18)11-22(19)29-24(17)27/h5-7,10-12H,8-9H2,1-4H3,(H,25,26). The molecule has 0 spiro atoms. The van der Waals surface area contributed by atoms with Gasteiger partial charge < -0.3 is 14.2 Å². The molecule has 5 nitrogen and oxygen atoms in total. The molecule has 0 aliphatic carbocycles. The van der Waals surface area contributed by atoms with Crippen LogP contribution < -0.4 is 10.9 Å². The van der Waals surface area contributed by atoms with E-state index in [1.54, 1.807) is 12.3 Å². The van der Waals surface area contributed by atoms with Crippen molar-refractivity contribution < 1.29 is 13.6 Å². The number of hydrogen-bond acceptors (Lipinski definition) is 4. The van der Waals surface area contributed by atoms with Gasteiger partial charge in [0.25, 0.3) is 0 Å². The van der Waals surface area contributed by atoms with Crippen LogP contribution in [-0.4, -0.2) is 5.91 Å². The van der Waals surface area contributed by atoms with E-state index in [2.05, 4.69) is 5.32 Å². The molecule has 0 saturated carbocycles. The highest BCUT2D eigenvalue weighted by atomic mass is 16.4. The van der Waals surface area contributed by atoms with E-state index in [1.807, 2.05) is 52.0 Å². The molecule has 0 saturated heterocycles. The Bertz CT molecular complexity index is 1310. The van der Waals surface area contributed by atoms with E-state index in [4.69, 9.17) is 8.83 Å². The second kappa shape index (κ2) is 7.24. The number of amides is 1. The zero-order chi connectivity index (χ0) is 20.7. The van der Waals surface area contributed by atoms with Crippen LogP contribution in [0.2, 0.25) is 0 Å². The predicted molar refractivity (Wildman–Crippen MR) is 115 cm³/mol. The van der Waals surface area contributed by atoms with Crippen LogP contribution in [0.4, 0.5) is 5.69 Å². The average Bonchev–Trinajstić information content (AvgIpc) is 3.04. The number of benzene rings is 2. The van der Waals surface area contributed by atoms with Crippen LogP contribution in [0.15, 0.2) is 50.2 Å². The lowest BCUT2D eigenvalue weighted by molar-refractivity contribution is -0.116. The van der Waals surface area contributed by atoms with E-state index >= 15 is 0 Å². The maximum atomic E-state index is 12.5. The summed E-state index contributed by atoms with van der Waals surface area (Å²) in [7, 11) is 0. The maximum absolute atomic E-state index is 12.5. The fourth-order valence-electron chi connectivity index (χ4n) is 3.66. The van der Waals surface area contributed by atoms with Gasteiger partial charge in [0.05, 0.1) is 6.26 Å². The Morgan fingerprint density at radius 2 is 1.76 bits per heavy atom. The van der Waals surface area contributed by atoms with Crippen molar-refractivity contribution in [3.05, 3.63) is 74.8 Å². The minimum Gasteiger partial charge on any atom is -0.464 e. The minimum atomic E-state index is -0.405. The summed E-state index contributed by atoms with van der Waals surface area (Å²) in [5.74, 6) is -0.126. The molecule has 29 heavy (non-hydrogen) atoms. The number of carbonyl (C=O) groups excluding carboxylic acids is 1. The molecule has 0 aliphatic heterocycles. The van der Waals surface area contributed by atoms with Gasteiger partial charge in [0, 0.05) is 34.5 Å². The van der Waals surface area contributed by atoms with E-state index in [9.17, 15) is 9.59 Å². The summed E-state index contributed by atoms with van der Waals surface area (Å²) in [5.41, 5.74) is 6.16. The fraction of sp³-hybridized carbons (Fsp3) is 0.250. The van der Waals surface area contributed by atoms with Gasteiger partial charge >= 0.3 is 5.63 Å². The predicted octanol–water partition coefficient (Wildman–Crippen LogP) is 5.34. The smallest absolute Gasteiger partial charge is 0.339 e. The summed E-state index contributed by atoms with van der Waals surface area (Å²) in [5, 5.41) is 4.80. The normalized spacial score (nSPS) is 11.3. The van der Waals surface area contributed by atoms with Gasteiger partial charge in [0.2, 0.25) is 5.91 Å². The lowest BCUT2D eigenvalue weighted by Crippen LogP contribution is -2.17. The first-order valence-corrected chi connectivity index (χ1v) is 9.65. The van der Waals surface area contributed by atoms with Crippen molar-refractivity contribution >= 4 is 33.5 Å². The molecule has 0 atom stereocenters. The van der Waals surface area contributed by atoms with Gasteiger partial charge in [0.15, 0.2) is 0 Å². The van der Waals surface area contributed by atoms with E-state index in [0.717, 1.165) is 38.7 Å². The Morgan fingerprint density at radius 1 is 0.966 bits per heavy atom. The lowest BCUT2D eigenvalue weighted by Gasteiger charge is -2.11. The number of fused-ring (bicyclic) bond motifs is 2. The van der Waals surface area contributed by atoms with Crippen LogP contribution in [0.5, 0.6) is 0 Å². The number of carbonyl (C=O) groups is 1. The van der Waals surface area contributed by atoms with Gasteiger partial charge in [-0.15, -0.1) is 0 Å². The molecule has 4 rings (SSSR count). The van der Waals surface area contributed by atoms with E-state index in [-0.39, 0.29) is 12.3 Å². The molecule has 0 fully saturated rings. The van der Waals surface area contributed by atoms with Gasteiger partial charge in [-0.2, -0.15) is 0 Å². The summed E-state index contributed by atoms with van der Waals surface area (Å²) < 4.78 is 11.0.